The number of anilines is 2. The Morgan fingerprint density at radius 3 is 2.72 bits per heavy atom. The number of rotatable bonds is 4. The second kappa shape index (κ2) is 7.34. The Morgan fingerprint density at radius 1 is 1.24 bits per heavy atom. The van der Waals surface area contributed by atoms with E-state index in [1.165, 1.54) is 18.3 Å². The van der Waals surface area contributed by atoms with Crippen molar-refractivity contribution in [2.24, 2.45) is 0 Å². The second-order valence-corrected chi connectivity index (χ2v) is 7.05. The molecule has 1 fully saturated rings. The summed E-state index contributed by atoms with van der Waals surface area (Å²) in [6.45, 7) is 3.33. The van der Waals surface area contributed by atoms with E-state index >= 15 is 0 Å². The van der Waals surface area contributed by atoms with E-state index in [0.717, 1.165) is 36.9 Å². The molecule has 0 aliphatic carbocycles. The van der Waals surface area contributed by atoms with Gasteiger partial charge in [-0.3, -0.25) is 19.7 Å². The molecule has 2 aromatic heterocycles. The van der Waals surface area contributed by atoms with Crippen LogP contribution in [0.15, 0.2) is 41.3 Å². The number of H-pyrrole nitrogens is 1. The Bertz CT molecular complexity index is 1180. The average molecular weight is 393 g/mol. The van der Waals surface area contributed by atoms with Crippen LogP contribution < -0.4 is 15.8 Å². The number of fused-ring (bicyclic) bond motifs is 1. The molecule has 3 aromatic rings. The highest BCUT2D eigenvalue weighted by Crippen LogP contribution is 2.27. The SMILES string of the molecule is Cc1cc(=O)[nH]c2ccc(NC(=O)c3cc([N+](=O)[O-])cnc3N3CCCC3)cc12. The van der Waals surface area contributed by atoms with Gasteiger partial charge in [-0.25, -0.2) is 4.98 Å². The van der Waals surface area contributed by atoms with Crippen molar-refractivity contribution >= 4 is 34.0 Å². The fourth-order valence-corrected chi connectivity index (χ4v) is 3.59. The summed E-state index contributed by atoms with van der Waals surface area (Å²) in [4.78, 5) is 44.1. The smallest absolute Gasteiger partial charge is 0.288 e. The van der Waals surface area contributed by atoms with Crippen molar-refractivity contribution in [3.8, 4) is 0 Å². The van der Waals surface area contributed by atoms with Crippen LogP contribution in [0.4, 0.5) is 17.2 Å². The van der Waals surface area contributed by atoms with Crippen LogP contribution in [0.25, 0.3) is 10.9 Å². The number of nitrogens with one attached hydrogen (secondary N) is 2. The van der Waals surface area contributed by atoms with Crippen LogP contribution in [0.2, 0.25) is 0 Å². The van der Waals surface area contributed by atoms with Crippen LogP contribution in [-0.2, 0) is 0 Å². The van der Waals surface area contributed by atoms with Gasteiger partial charge in [-0.15, -0.1) is 0 Å². The molecule has 0 saturated carbocycles. The van der Waals surface area contributed by atoms with Gasteiger partial charge in [-0.2, -0.15) is 0 Å². The van der Waals surface area contributed by atoms with Gasteiger partial charge >= 0.3 is 0 Å². The number of carbonyl (C=O) groups is 1. The van der Waals surface area contributed by atoms with Crippen molar-refractivity contribution in [3.63, 3.8) is 0 Å². The van der Waals surface area contributed by atoms with Crippen LogP contribution in [0, 0.1) is 17.0 Å². The number of hydrogen-bond donors (Lipinski definition) is 2. The third kappa shape index (κ3) is 3.66. The average Bonchev–Trinajstić information content (AvgIpc) is 3.22. The molecule has 4 rings (SSSR count). The molecule has 1 aromatic carbocycles. The summed E-state index contributed by atoms with van der Waals surface area (Å²) in [5.41, 5.74) is 1.73. The number of aromatic nitrogens is 2. The number of nitrogens with zero attached hydrogens (tertiary/aromatic N) is 3. The zero-order valence-corrected chi connectivity index (χ0v) is 15.8. The van der Waals surface area contributed by atoms with Crippen molar-refractivity contribution in [1.82, 2.24) is 9.97 Å². The fraction of sp³-hybridized carbons (Fsp3) is 0.250. The summed E-state index contributed by atoms with van der Waals surface area (Å²) < 4.78 is 0. The first-order valence-corrected chi connectivity index (χ1v) is 9.27. The first-order chi connectivity index (χ1) is 13.9. The molecule has 1 aliphatic rings. The van der Waals surface area contributed by atoms with E-state index < -0.39 is 10.8 Å². The Hall–Kier alpha value is -3.75. The number of nitro groups is 1. The van der Waals surface area contributed by atoms with E-state index in [1.54, 1.807) is 18.2 Å². The summed E-state index contributed by atoms with van der Waals surface area (Å²) in [5.74, 6) is -0.0172. The minimum absolute atomic E-state index is 0.166. The molecule has 0 atom stereocenters. The summed E-state index contributed by atoms with van der Waals surface area (Å²) in [6, 6.07) is 7.91. The van der Waals surface area contributed by atoms with E-state index in [-0.39, 0.29) is 16.8 Å². The molecule has 0 unspecified atom stereocenters. The Labute approximate surface area is 165 Å². The van der Waals surface area contributed by atoms with Crippen LogP contribution in [0.3, 0.4) is 0 Å². The quantitative estimate of drug-likeness (QED) is 0.519. The van der Waals surface area contributed by atoms with Gasteiger partial charge in [-0.05, 0) is 43.5 Å². The first-order valence-electron chi connectivity index (χ1n) is 9.27. The predicted molar refractivity (Wildman–Crippen MR) is 110 cm³/mol. The van der Waals surface area contributed by atoms with E-state index in [4.69, 9.17) is 0 Å². The molecule has 1 amide bonds. The van der Waals surface area contributed by atoms with Crippen LogP contribution in [0.5, 0.6) is 0 Å². The highest BCUT2D eigenvalue weighted by atomic mass is 16.6. The van der Waals surface area contributed by atoms with Gasteiger partial charge in [0.05, 0.1) is 10.5 Å². The molecule has 2 N–H and O–H groups in total. The third-order valence-electron chi connectivity index (χ3n) is 5.02. The number of aryl methyl sites for hydroxylation is 1. The summed E-state index contributed by atoms with van der Waals surface area (Å²) in [6.07, 6.45) is 3.16. The van der Waals surface area contributed by atoms with Gasteiger partial charge in [0, 0.05) is 41.8 Å². The van der Waals surface area contributed by atoms with E-state index in [0.29, 0.717) is 17.0 Å². The normalized spacial score (nSPS) is 13.6. The van der Waals surface area contributed by atoms with Gasteiger partial charge in [-0.1, -0.05) is 0 Å². The molecule has 1 saturated heterocycles. The molecule has 0 bridgehead atoms. The second-order valence-electron chi connectivity index (χ2n) is 7.05. The topological polar surface area (TPSA) is 121 Å². The lowest BCUT2D eigenvalue weighted by Gasteiger charge is -2.19. The largest absolute Gasteiger partial charge is 0.356 e. The molecule has 9 heteroatoms. The molecule has 3 heterocycles. The van der Waals surface area contributed by atoms with Crippen molar-refractivity contribution in [2.45, 2.75) is 19.8 Å². The zero-order chi connectivity index (χ0) is 20.5. The first kappa shape index (κ1) is 18.6. The number of benzene rings is 1. The molecule has 0 spiro atoms. The lowest BCUT2D eigenvalue weighted by Crippen LogP contribution is -2.24. The minimum Gasteiger partial charge on any atom is -0.356 e. The summed E-state index contributed by atoms with van der Waals surface area (Å²) in [7, 11) is 0. The molecular formula is C20H19N5O4. The number of aromatic amines is 1. The minimum atomic E-state index is -0.562. The summed E-state index contributed by atoms with van der Waals surface area (Å²) in [5, 5.41) is 14.8. The number of amides is 1. The van der Waals surface area contributed by atoms with Gasteiger partial charge in [0.25, 0.3) is 11.6 Å². The zero-order valence-electron chi connectivity index (χ0n) is 15.8. The van der Waals surface area contributed by atoms with Crippen LogP contribution >= 0.6 is 0 Å². The van der Waals surface area contributed by atoms with Gasteiger partial charge in [0.15, 0.2) is 0 Å². The number of carbonyl (C=O) groups excluding carboxylic acids is 1. The van der Waals surface area contributed by atoms with Crippen LogP contribution in [0.1, 0.15) is 28.8 Å². The van der Waals surface area contributed by atoms with Gasteiger partial charge in [0.1, 0.15) is 12.0 Å². The molecule has 148 valence electrons. The Morgan fingerprint density at radius 2 is 2.00 bits per heavy atom. The maximum Gasteiger partial charge on any atom is 0.288 e. The van der Waals surface area contributed by atoms with E-state index in [1.807, 2.05) is 11.8 Å². The van der Waals surface area contributed by atoms with Gasteiger partial charge < -0.3 is 15.2 Å². The van der Waals surface area contributed by atoms with Gasteiger partial charge in [0.2, 0.25) is 5.56 Å². The predicted octanol–water partition coefficient (Wildman–Crippen LogP) is 2.99. The lowest BCUT2D eigenvalue weighted by molar-refractivity contribution is -0.385. The Kier molecular flexibility index (Phi) is 4.71. The molecule has 9 nitrogen and oxygen atoms in total. The highest BCUT2D eigenvalue weighted by Gasteiger charge is 2.24. The van der Waals surface area contributed by atoms with Crippen molar-refractivity contribution in [2.75, 3.05) is 23.3 Å². The number of hydrogen-bond acceptors (Lipinski definition) is 6. The standard InChI is InChI=1S/C20H19N5O4/c1-12-8-18(26)23-17-5-4-13(9-15(12)17)22-20(27)16-10-14(25(28)29)11-21-19(16)24-6-2-3-7-24/h4-5,8-11H,2-3,6-7H2,1H3,(H,22,27)(H,23,26). The van der Waals surface area contributed by atoms with E-state index in [2.05, 4.69) is 15.3 Å². The van der Waals surface area contributed by atoms with Crippen LogP contribution in [-0.4, -0.2) is 33.9 Å². The number of pyridine rings is 2. The van der Waals surface area contributed by atoms with Crippen molar-refractivity contribution in [1.29, 1.82) is 0 Å². The molecule has 29 heavy (non-hydrogen) atoms. The van der Waals surface area contributed by atoms with Crippen molar-refractivity contribution < 1.29 is 9.72 Å². The maximum atomic E-state index is 13.0. The lowest BCUT2D eigenvalue weighted by atomic mass is 10.1. The Balaban J connectivity index is 1.70. The fourth-order valence-electron chi connectivity index (χ4n) is 3.59. The maximum absolute atomic E-state index is 13.0. The van der Waals surface area contributed by atoms with Crippen molar-refractivity contribution in [3.05, 3.63) is 68.1 Å². The third-order valence-corrected chi connectivity index (χ3v) is 5.02. The highest BCUT2D eigenvalue weighted by molar-refractivity contribution is 6.08. The molecular weight excluding hydrogens is 374 g/mol. The molecule has 0 radical (unpaired) electrons. The monoisotopic (exact) mass is 393 g/mol. The molecule has 1 aliphatic heterocycles. The van der Waals surface area contributed by atoms with E-state index in [9.17, 15) is 19.7 Å². The summed E-state index contributed by atoms with van der Waals surface area (Å²) >= 11 is 0.